The van der Waals surface area contributed by atoms with Gasteiger partial charge in [0.05, 0.1) is 25.4 Å². The monoisotopic (exact) mass is 270 g/mol. The summed E-state index contributed by atoms with van der Waals surface area (Å²) in [7, 11) is 0. The highest BCUT2D eigenvalue weighted by molar-refractivity contribution is 5.82. The molecule has 0 spiro atoms. The maximum atomic E-state index is 12.2. The lowest BCUT2D eigenvalue weighted by Crippen LogP contribution is -2.48. The molecular formula is C14H26N2O3. The second-order valence-corrected chi connectivity index (χ2v) is 5.24. The van der Waals surface area contributed by atoms with Crippen molar-refractivity contribution in [2.24, 2.45) is 0 Å². The molecule has 0 bridgehead atoms. The standard InChI is InChI=1S/C14H26N2O3/c1-2-18-10-11-19-12-5-8-16(9-6-12)14(17)13-4-3-7-15-13/h12-13,15H,2-11H2,1H3. The van der Waals surface area contributed by atoms with Crippen molar-refractivity contribution in [2.45, 2.75) is 44.8 Å². The van der Waals surface area contributed by atoms with Gasteiger partial charge in [0.25, 0.3) is 0 Å². The van der Waals surface area contributed by atoms with Crippen molar-refractivity contribution in [2.75, 3.05) is 39.5 Å². The van der Waals surface area contributed by atoms with Crippen molar-refractivity contribution < 1.29 is 14.3 Å². The Kier molecular flexibility index (Phi) is 6.07. The largest absolute Gasteiger partial charge is 0.379 e. The van der Waals surface area contributed by atoms with E-state index < -0.39 is 0 Å². The summed E-state index contributed by atoms with van der Waals surface area (Å²) in [6.45, 7) is 6.70. The van der Waals surface area contributed by atoms with E-state index in [1.807, 2.05) is 11.8 Å². The third-order valence-corrected chi connectivity index (χ3v) is 3.90. The summed E-state index contributed by atoms with van der Waals surface area (Å²) in [6, 6.07) is 0.0652. The molecule has 19 heavy (non-hydrogen) atoms. The third kappa shape index (κ3) is 4.44. The van der Waals surface area contributed by atoms with E-state index in [1.165, 1.54) is 0 Å². The van der Waals surface area contributed by atoms with Crippen LogP contribution >= 0.6 is 0 Å². The minimum Gasteiger partial charge on any atom is -0.379 e. The fraction of sp³-hybridized carbons (Fsp3) is 0.929. The molecule has 1 unspecified atom stereocenters. The first-order chi connectivity index (χ1) is 9.31. The van der Waals surface area contributed by atoms with E-state index in [-0.39, 0.29) is 11.9 Å². The van der Waals surface area contributed by atoms with E-state index in [0.29, 0.717) is 19.3 Å². The van der Waals surface area contributed by atoms with Crippen LogP contribution in [0.4, 0.5) is 0 Å². The molecule has 110 valence electrons. The van der Waals surface area contributed by atoms with Gasteiger partial charge >= 0.3 is 0 Å². The molecule has 0 radical (unpaired) electrons. The fourth-order valence-electron chi connectivity index (χ4n) is 2.78. The fourth-order valence-corrected chi connectivity index (χ4v) is 2.78. The zero-order valence-corrected chi connectivity index (χ0v) is 11.9. The van der Waals surface area contributed by atoms with E-state index >= 15 is 0 Å². The van der Waals surface area contributed by atoms with Crippen LogP contribution in [0.25, 0.3) is 0 Å². The predicted molar refractivity (Wildman–Crippen MR) is 73.1 cm³/mol. The number of amides is 1. The van der Waals surface area contributed by atoms with Crippen LogP contribution < -0.4 is 5.32 Å². The molecule has 2 aliphatic heterocycles. The molecule has 0 aromatic carbocycles. The second-order valence-electron chi connectivity index (χ2n) is 5.24. The maximum Gasteiger partial charge on any atom is 0.239 e. The number of rotatable bonds is 6. The minimum atomic E-state index is 0.0652. The molecule has 2 saturated heterocycles. The number of nitrogens with zero attached hydrogens (tertiary/aromatic N) is 1. The van der Waals surface area contributed by atoms with Crippen LogP contribution in [0.3, 0.4) is 0 Å². The van der Waals surface area contributed by atoms with Gasteiger partial charge in [-0.15, -0.1) is 0 Å². The van der Waals surface area contributed by atoms with Crippen molar-refractivity contribution in [3.63, 3.8) is 0 Å². The zero-order chi connectivity index (χ0) is 13.5. The van der Waals surface area contributed by atoms with E-state index in [1.54, 1.807) is 0 Å². The summed E-state index contributed by atoms with van der Waals surface area (Å²) < 4.78 is 11.0. The molecule has 2 fully saturated rings. The first-order valence-electron chi connectivity index (χ1n) is 7.52. The highest BCUT2D eigenvalue weighted by Gasteiger charge is 2.29. The summed E-state index contributed by atoms with van der Waals surface area (Å²) in [5.41, 5.74) is 0. The first kappa shape index (κ1) is 14.8. The van der Waals surface area contributed by atoms with Crippen LogP contribution in [0.5, 0.6) is 0 Å². The average Bonchev–Trinajstić information content (AvgIpc) is 2.98. The summed E-state index contributed by atoms with van der Waals surface area (Å²) in [4.78, 5) is 14.2. The highest BCUT2D eigenvalue weighted by atomic mass is 16.5. The number of carbonyl (C=O) groups is 1. The van der Waals surface area contributed by atoms with Gasteiger partial charge in [-0.2, -0.15) is 0 Å². The van der Waals surface area contributed by atoms with Crippen molar-refractivity contribution in [3.05, 3.63) is 0 Å². The normalized spacial score (nSPS) is 24.9. The Bertz CT molecular complexity index is 272. The SMILES string of the molecule is CCOCCOC1CCN(C(=O)C2CCCN2)CC1. The molecule has 0 aromatic rings. The molecular weight excluding hydrogens is 244 g/mol. The van der Waals surface area contributed by atoms with Crippen LogP contribution in [0.1, 0.15) is 32.6 Å². The Balaban J connectivity index is 1.63. The van der Waals surface area contributed by atoms with Crippen molar-refractivity contribution in [3.8, 4) is 0 Å². The number of hydrogen-bond donors (Lipinski definition) is 1. The molecule has 0 aromatic heterocycles. The zero-order valence-electron chi connectivity index (χ0n) is 11.9. The number of nitrogens with one attached hydrogen (secondary N) is 1. The highest BCUT2D eigenvalue weighted by Crippen LogP contribution is 2.16. The molecule has 2 heterocycles. The van der Waals surface area contributed by atoms with E-state index in [0.717, 1.165) is 51.9 Å². The predicted octanol–water partition coefficient (Wildman–Crippen LogP) is 0.783. The van der Waals surface area contributed by atoms with E-state index in [2.05, 4.69) is 5.32 Å². The van der Waals surface area contributed by atoms with Crippen molar-refractivity contribution >= 4 is 5.91 Å². The van der Waals surface area contributed by atoms with Crippen molar-refractivity contribution in [1.29, 1.82) is 0 Å². The quantitative estimate of drug-likeness (QED) is 0.725. The smallest absolute Gasteiger partial charge is 0.239 e. The molecule has 5 nitrogen and oxygen atoms in total. The number of hydrogen-bond acceptors (Lipinski definition) is 4. The summed E-state index contributed by atoms with van der Waals surface area (Å²) >= 11 is 0. The third-order valence-electron chi connectivity index (χ3n) is 3.90. The van der Waals surface area contributed by atoms with Gasteiger partial charge in [0, 0.05) is 19.7 Å². The maximum absolute atomic E-state index is 12.2. The number of likely N-dealkylation sites (tertiary alicyclic amines) is 1. The number of ether oxygens (including phenoxy) is 2. The Morgan fingerprint density at radius 1 is 1.26 bits per heavy atom. The van der Waals surface area contributed by atoms with Crippen molar-refractivity contribution in [1.82, 2.24) is 10.2 Å². The summed E-state index contributed by atoms with van der Waals surface area (Å²) in [5.74, 6) is 0.283. The lowest BCUT2D eigenvalue weighted by Gasteiger charge is -2.33. The lowest BCUT2D eigenvalue weighted by atomic mass is 10.1. The van der Waals surface area contributed by atoms with Gasteiger partial charge in [-0.1, -0.05) is 0 Å². The number of piperidine rings is 1. The Morgan fingerprint density at radius 2 is 2.05 bits per heavy atom. The Hall–Kier alpha value is -0.650. The molecule has 2 aliphatic rings. The van der Waals surface area contributed by atoms with Gasteiger partial charge < -0.3 is 19.7 Å². The van der Waals surface area contributed by atoms with E-state index in [9.17, 15) is 4.79 Å². The van der Waals surface area contributed by atoms with Crippen LogP contribution in [-0.2, 0) is 14.3 Å². The molecule has 0 saturated carbocycles. The first-order valence-corrected chi connectivity index (χ1v) is 7.52. The molecule has 0 aliphatic carbocycles. The van der Waals surface area contributed by atoms with Crippen LogP contribution in [0.2, 0.25) is 0 Å². The van der Waals surface area contributed by atoms with Crippen LogP contribution in [-0.4, -0.2) is 62.4 Å². The minimum absolute atomic E-state index is 0.0652. The lowest BCUT2D eigenvalue weighted by molar-refractivity contribution is -0.135. The van der Waals surface area contributed by atoms with Gasteiger partial charge in [0.15, 0.2) is 0 Å². The molecule has 1 N–H and O–H groups in total. The van der Waals surface area contributed by atoms with Gasteiger partial charge in [-0.05, 0) is 39.2 Å². The van der Waals surface area contributed by atoms with Gasteiger partial charge in [-0.25, -0.2) is 0 Å². The van der Waals surface area contributed by atoms with E-state index in [4.69, 9.17) is 9.47 Å². The molecule has 2 rings (SSSR count). The number of carbonyl (C=O) groups excluding carboxylic acids is 1. The van der Waals surface area contributed by atoms with Crippen LogP contribution in [0, 0.1) is 0 Å². The van der Waals surface area contributed by atoms with Gasteiger partial charge in [0.1, 0.15) is 0 Å². The topological polar surface area (TPSA) is 50.8 Å². The van der Waals surface area contributed by atoms with Crippen LogP contribution in [0.15, 0.2) is 0 Å². The summed E-state index contributed by atoms with van der Waals surface area (Å²) in [5, 5.41) is 3.27. The average molecular weight is 270 g/mol. The van der Waals surface area contributed by atoms with Gasteiger partial charge in [0.2, 0.25) is 5.91 Å². The second kappa shape index (κ2) is 7.82. The summed E-state index contributed by atoms with van der Waals surface area (Å²) in [6.07, 6.45) is 4.30. The molecule has 1 atom stereocenters. The van der Waals surface area contributed by atoms with Gasteiger partial charge in [-0.3, -0.25) is 4.79 Å². The Morgan fingerprint density at radius 3 is 2.68 bits per heavy atom. The molecule has 5 heteroatoms. The Labute approximate surface area is 115 Å². The molecule has 1 amide bonds.